The average Bonchev–Trinajstić information content (AvgIpc) is 2.50. The fraction of sp³-hybridized carbons (Fsp3) is 0.167. The Labute approximate surface area is 133 Å². The summed E-state index contributed by atoms with van der Waals surface area (Å²) in [6.07, 6.45) is 3.18. The highest BCUT2D eigenvalue weighted by Crippen LogP contribution is 2.33. The summed E-state index contributed by atoms with van der Waals surface area (Å²) in [7, 11) is 0. The third kappa shape index (κ3) is 3.42. The topological polar surface area (TPSA) is 29.1 Å². The molecule has 2 aromatic rings. The lowest BCUT2D eigenvalue weighted by Crippen LogP contribution is -2.16. The predicted octanol–water partition coefficient (Wildman–Crippen LogP) is 4.89. The summed E-state index contributed by atoms with van der Waals surface area (Å²) < 4.78 is 1.00. The maximum atomic E-state index is 12.0. The Morgan fingerprint density at radius 1 is 0.952 bits per heavy atom. The minimum Gasteiger partial charge on any atom is -0.358 e. The first-order chi connectivity index (χ1) is 10.2. The molecule has 0 unspecified atom stereocenters. The normalized spacial score (nSPS) is 18.2. The summed E-state index contributed by atoms with van der Waals surface area (Å²) in [4.78, 5) is 12.0. The van der Waals surface area contributed by atoms with Gasteiger partial charge in [-0.15, -0.1) is 0 Å². The van der Waals surface area contributed by atoms with E-state index in [1.807, 2.05) is 42.5 Å². The lowest BCUT2D eigenvalue weighted by molar-refractivity contribution is -0.115. The monoisotopic (exact) mass is 341 g/mol. The molecule has 2 nitrogen and oxygen atoms in total. The first-order valence-electron chi connectivity index (χ1n) is 7.02. The van der Waals surface area contributed by atoms with E-state index in [2.05, 4.69) is 33.4 Å². The largest absolute Gasteiger partial charge is 0.358 e. The molecule has 0 saturated carbocycles. The second kappa shape index (κ2) is 6.27. The first-order valence-corrected chi connectivity index (χ1v) is 7.81. The summed E-state index contributed by atoms with van der Waals surface area (Å²) in [6, 6.07) is 18.2. The van der Waals surface area contributed by atoms with Crippen LogP contribution in [-0.4, -0.2) is 5.78 Å². The number of nitrogens with one attached hydrogen (secondary N) is 1. The highest BCUT2D eigenvalue weighted by molar-refractivity contribution is 9.10. The standard InChI is InChI=1S/C18H16BrNO/c19-17-8-4-5-9-18(17)20-15-10-14(11-16(21)12-15)13-6-2-1-3-7-13/h1-9,12,14,20H,10-11H2/t14-/m1/s1. The van der Waals surface area contributed by atoms with Gasteiger partial charge in [0.05, 0.1) is 5.69 Å². The fourth-order valence-electron chi connectivity index (χ4n) is 2.68. The van der Waals surface area contributed by atoms with Gasteiger partial charge in [-0.3, -0.25) is 4.79 Å². The molecule has 3 heteroatoms. The van der Waals surface area contributed by atoms with Gasteiger partial charge in [0.15, 0.2) is 5.78 Å². The Kier molecular flexibility index (Phi) is 4.20. The van der Waals surface area contributed by atoms with Crippen LogP contribution in [0, 0.1) is 0 Å². The molecule has 0 radical (unpaired) electrons. The minimum absolute atomic E-state index is 0.185. The molecular weight excluding hydrogens is 326 g/mol. The van der Waals surface area contributed by atoms with Crippen molar-refractivity contribution >= 4 is 27.4 Å². The van der Waals surface area contributed by atoms with E-state index in [0.29, 0.717) is 6.42 Å². The second-order valence-electron chi connectivity index (χ2n) is 5.26. The van der Waals surface area contributed by atoms with Gasteiger partial charge < -0.3 is 5.32 Å². The third-order valence-corrected chi connectivity index (χ3v) is 4.38. The fourth-order valence-corrected chi connectivity index (χ4v) is 3.06. The molecule has 3 rings (SSSR count). The Balaban J connectivity index is 1.80. The van der Waals surface area contributed by atoms with Crippen molar-refractivity contribution in [3.05, 3.63) is 76.4 Å². The molecule has 1 aliphatic carbocycles. The summed E-state index contributed by atoms with van der Waals surface area (Å²) >= 11 is 3.52. The predicted molar refractivity (Wildman–Crippen MR) is 89.3 cm³/mol. The number of hydrogen-bond donors (Lipinski definition) is 1. The number of rotatable bonds is 3. The first kappa shape index (κ1) is 14.1. The zero-order chi connectivity index (χ0) is 14.7. The van der Waals surface area contributed by atoms with E-state index in [-0.39, 0.29) is 11.7 Å². The Bertz CT molecular complexity index is 679. The van der Waals surface area contributed by atoms with Gasteiger partial charge in [0.2, 0.25) is 0 Å². The van der Waals surface area contributed by atoms with Crippen molar-refractivity contribution in [2.75, 3.05) is 5.32 Å². The summed E-state index contributed by atoms with van der Waals surface area (Å²) in [5.41, 5.74) is 3.20. The minimum atomic E-state index is 0.185. The van der Waals surface area contributed by atoms with E-state index in [1.54, 1.807) is 6.08 Å². The molecule has 0 saturated heterocycles. The molecule has 0 fully saturated rings. The van der Waals surface area contributed by atoms with Crippen LogP contribution in [0.25, 0.3) is 0 Å². The second-order valence-corrected chi connectivity index (χ2v) is 6.11. The summed E-state index contributed by atoms with van der Waals surface area (Å²) in [5, 5.41) is 3.37. The van der Waals surface area contributed by atoms with Crippen molar-refractivity contribution < 1.29 is 4.79 Å². The van der Waals surface area contributed by atoms with Crippen molar-refractivity contribution in [3.63, 3.8) is 0 Å². The molecule has 1 N–H and O–H groups in total. The van der Waals surface area contributed by atoms with E-state index in [9.17, 15) is 4.79 Å². The van der Waals surface area contributed by atoms with Gasteiger partial charge in [-0.1, -0.05) is 42.5 Å². The van der Waals surface area contributed by atoms with Crippen molar-refractivity contribution in [2.45, 2.75) is 18.8 Å². The van der Waals surface area contributed by atoms with Crippen LogP contribution in [0.5, 0.6) is 0 Å². The van der Waals surface area contributed by atoms with Crippen molar-refractivity contribution in [1.29, 1.82) is 0 Å². The van der Waals surface area contributed by atoms with Crippen LogP contribution in [0.3, 0.4) is 0 Å². The van der Waals surface area contributed by atoms with Crippen LogP contribution in [-0.2, 0) is 4.79 Å². The van der Waals surface area contributed by atoms with E-state index in [4.69, 9.17) is 0 Å². The maximum absolute atomic E-state index is 12.0. The molecule has 1 atom stereocenters. The molecular formula is C18H16BrNO. The highest BCUT2D eigenvalue weighted by Gasteiger charge is 2.22. The third-order valence-electron chi connectivity index (χ3n) is 3.69. The van der Waals surface area contributed by atoms with Crippen LogP contribution < -0.4 is 5.32 Å². The molecule has 21 heavy (non-hydrogen) atoms. The molecule has 106 valence electrons. The lowest BCUT2D eigenvalue weighted by Gasteiger charge is -2.23. The number of allylic oxidation sites excluding steroid dienone is 2. The number of carbonyl (C=O) groups is 1. The smallest absolute Gasteiger partial charge is 0.158 e. The summed E-state index contributed by atoms with van der Waals surface area (Å²) in [5.74, 6) is 0.443. The zero-order valence-electron chi connectivity index (χ0n) is 11.6. The van der Waals surface area contributed by atoms with Gasteiger partial charge >= 0.3 is 0 Å². The number of benzene rings is 2. The Morgan fingerprint density at radius 3 is 2.43 bits per heavy atom. The molecule has 0 amide bonds. The van der Waals surface area contributed by atoms with Crippen LogP contribution in [0.4, 0.5) is 5.69 Å². The van der Waals surface area contributed by atoms with Crippen LogP contribution >= 0.6 is 15.9 Å². The van der Waals surface area contributed by atoms with Crippen LogP contribution in [0.15, 0.2) is 70.8 Å². The number of halogens is 1. The Morgan fingerprint density at radius 2 is 1.67 bits per heavy atom. The number of ketones is 1. The summed E-state index contributed by atoms with van der Waals surface area (Å²) in [6.45, 7) is 0. The van der Waals surface area contributed by atoms with Crippen molar-refractivity contribution in [1.82, 2.24) is 0 Å². The molecule has 0 aliphatic heterocycles. The molecule has 0 spiro atoms. The van der Waals surface area contributed by atoms with Crippen molar-refractivity contribution in [3.8, 4) is 0 Å². The van der Waals surface area contributed by atoms with E-state index >= 15 is 0 Å². The van der Waals surface area contributed by atoms with E-state index < -0.39 is 0 Å². The van der Waals surface area contributed by atoms with Crippen molar-refractivity contribution in [2.24, 2.45) is 0 Å². The molecule has 2 aromatic carbocycles. The lowest BCUT2D eigenvalue weighted by atomic mass is 9.85. The molecule has 0 heterocycles. The number of anilines is 1. The van der Waals surface area contributed by atoms with Gasteiger partial charge in [0, 0.05) is 22.7 Å². The maximum Gasteiger partial charge on any atom is 0.158 e. The van der Waals surface area contributed by atoms with E-state index in [1.165, 1.54) is 5.56 Å². The molecule has 1 aliphatic rings. The number of para-hydroxylation sites is 1. The zero-order valence-corrected chi connectivity index (χ0v) is 13.1. The van der Waals surface area contributed by atoms with Gasteiger partial charge in [-0.25, -0.2) is 0 Å². The van der Waals surface area contributed by atoms with Gasteiger partial charge in [0.25, 0.3) is 0 Å². The highest BCUT2D eigenvalue weighted by atomic mass is 79.9. The quantitative estimate of drug-likeness (QED) is 0.860. The van der Waals surface area contributed by atoms with Gasteiger partial charge in [-0.2, -0.15) is 0 Å². The van der Waals surface area contributed by atoms with Gasteiger partial charge in [-0.05, 0) is 46.0 Å². The SMILES string of the molecule is O=C1C=C(Nc2ccccc2Br)C[C@@H](c2ccccc2)C1. The van der Waals surface area contributed by atoms with Crippen LogP contribution in [0.2, 0.25) is 0 Å². The van der Waals surface area contributed by atoms with Crippen LogP contribution in [0.1, 0.15) is 24.3 Å². The number of carbonyl (C=O) groups excluding carboxylic acids is 1. The molecule has 0 bridgehead atoms. The Hall–Kier alpha value is -1.87. The van der Waals surface area contributed by atoms with Gasteiger partial charge in [0.1, 0.15) is 0 Å². The average molecular weight is 342 g/mol. The van der Waals surface area contributed by atoms with E-state index in [0.717, 1.165) is 22.3 Å². The number of hydrogen-bond acceptors (Lipinski definition) is 2. The molecule has 0 aromatic heterocycles.